The van der Waals surface area contributed by atoms with E-state index in [-0.39, 0.29) is 26.4 Å². The molecule has 1 aliphatic heterocycles. The molecule has 5 rings (SSSR count). The summed E-state index contributed by atoms with van der Waals surface area (Å²) in [5.41, 5.74) is 3.84. The molecule has 1 fully saturated rings. The van der Waals surface area contributed by atoms with Crippen molar-refractivity contribution in [3.05, 3.63) is 144 Å². The first-order chi connectivity index (χ1) is 22.1. The van der Waals surface area contributed by atoms with Crippen LogP contribution in [0, 0.1) is 0 Å². The Morgan fingerprint density at radius 2 is 1.09 bits per heavy atom. The molecule has 8 nitrogen and oxygen atoms in total. The number of carbonyl (C=O) groups is 1. The molecule has 0 aliphatic carbocycles. The van der Waals surface area contributed by atoms with E-state index in [2.05, 4.69) is 0 Å². The van der Waals surface area contributed by atoms with Crippen LogP contribution in [0.4, 0.5) is 0 Å². The number of hydrogen-bond acceptors (Lipinski definition) is 8. The average Bonchev–Trinajstić information content (AvgIpc) is 3.07. The first-order valence-electron chi connectivity index (χ1n) is 15.2. The topological polar surface area (TPSA) is 92.7 Å². The van der Waals surface area contributed by atoms with Gasteiger partial charge in [0.1, 0.15) is 24.4 Å². The second-order valence-electron chi connectivity index (χ2n) is 10.9. The van der Waals surface area contributed by atoms with Crippen LogP contribution in [-0.2, 0) is 59.6 Å². The van der Waals surface area contributed by atoms with Gasteiger partial charge in [0.05, 0.1) is 33.0 Å². The smallest absolute Gasteiger partial charge is 0.303 e. The number of carbonyl (C=O) groups excluding carboxylic acids is 1. The largest absolute Gasteiger partial charge is 0.454 e. The summed E-state index contributed by atoms with van der Waals surface area (Å²) in [6, 6.07) is 39.0. The molecule has 0 amide bonds. The molecule has 0 spiro atoms. The highest BCUT2D eigenvalue weighted by molar-refractivity contribution is 5.66. The highest BCUT2D eigenvalue weighted by Gasteiger charge is 2.51. The molecule has 1 heterocycles. The van der Waals surface area contributed by atoms with E-state index in [1.165, 1.54) is 6.92 Å². The molecule has 45 heavy (non-hydrogen) atoms. The van der Waals surface area contributed by atoms with Gasteiger partial charge in [-0.25, -0.2) is 0 Å². The van der Waals surface area contributed by atoms with E-state index < -0.39 is 42.8 Å². The molecule has 1 aliphatic rings. The molecular formula is C37H40O8. The summed E-state index contributed by atoms with van der Waals surface area (Å²) in [5.74, 6) is -0.570. The lowest BCUT2D eigenvalue weighted by molar-refractivity contribution is -0.322. The number of aliphatic hydroxyl groups is 1. The first-order valence-corrected chi connectivity index (χ1v) is 15.2. The molecular weight excluding hydrogens is 572 g/mol. The van der Waals surface area contributed by atoms with E-state index in [9.17, 15) is 9.90 Å². The zero-order chi connectivity index (χ0) is 31.3. The number of aliphatic hydroxyl groups excluding tert-OH is 1. The van der Waals surface area contributed by atoms with Crippen LogP contribution in [0.5, 0.6) is 0 Å². The fourth-order valence-corrected chi connectivity index (χ4v) is 5.26. The van der Waals surface area contributed by atoms with Gasteiger partial charge < -0.3 is 33.5 Å². The summed E-state index contributed by atoms with van der Waals surface area (Å²) < 4.78 is 37.4. The van der Waals surface area contributed by atoms with Crippen LogP contribution >= 0.6 is 0 Å². The molecule has 236 valence electrons. The Kier molecular flexibility index (Phi) is 12.3. The van der Waals surface area contributed by atoms with Crippen molar-refractivity contribution < 1.29 is 38.3 Å². The first kappa shape index (κ1) is 32.5. The fraction of sp³-hybridized carbons (Fsp3) is 0.324. The molecule has 0 aromatic heterocycles. The minimum Gasteiger partial charge on any atom is -0.454 e. The highest BCUT2D eigenvalue weighted by Crippen LogP contribution is 2.32. The van der Waals surface area contributed by atoms with Crippen LogP contribution in [0.1, 0.15) is 29.2 Å². The predicted molar refractivity (Wildman–Crippen MR) is 168 cm³/mol. The van der Waals surface area contributed by atoms with Gasteiger partial charge in [-0.2, -0.15) is 0 Å². The Bertz CT molecular complexity index is 1400. The van der Waals surface area contributed by atoms with Crippen molar-refractivity contribution in [2.75, 3.05) is 6.61 Å². The van der Waals surface area contributed by atoms with Gasteiger partial charge in [-0.3, -0.25) is 4.79 Å². The Morgan fingerprint density at radius 1 is 0.644 bits per heavy atom. The van der Waals surface area contributed by atoms with Crippen LogP contribution in [0.3, 0.4) is 0 Å². The van der Waals surface area contributed by atoms with Crippen LogP contribution in [0.25, 0.3) is 0 Å². The monoisotopic (exact) mass is 612 g/mol. The van der Waals surface area contributed by atoms with Gasteiger partial charge in [0, 0.05) is 6.92 Å². The Labute approximate surface area is 264 Å². The van der Waals surface area contributed by atoms with E-state index in [0.717, 1.165) is 22.3 Å². The van der Waals surface area contributed by atoms with Gasteiger partial charge in [0.2, 0.25) is 0 Å². The lowest BCUT2D eigenvalue weighted by atomic mass is 9.94. The zero-order valence-electron chi connectivity index (χ0n) is 25.4. The van der Waals surface area contributed by atoms with Gasteiger partial charge in [0.25, 0.3) is 0 Å². The van der Waals surface area contributed by atoms with Crippen LogP contribution in [0.2, 0.25) is 0 Å². The van der Waals surface area contributed by atoms with Crippen LogP contribution in [0.15, 0.2) is 121 Å². The molecule has 1 saturated heterocycles. The standard InChI is InChI=1S/C37H40O8/c1-27(38)44-36-35(43-25-31-20-12-5-13-21-31)34(42-24-30-18-10-4-11-19-30)33(45-37(36)39)32(41-23-29-16-8-3-9-17-29)26-40-22-28-14-6-2-7-15-28/h2-21,32-37,39H,22-26H2,1H3/t32-,33-,34-,35+,36+,37+/m1/s1. The van der Waals surface area contributed by atoms with Crippen molar-refractivity contribution in [2.24, 2.45) is 0 Å². The fourth-order valence-electron chi connectivity index (χ4n) is 5.26. The van der Waals surface area contributed by atoms with E-state index in [1.807, 2.05) is 121 Å². The van der Waals surface area contributed by atoms with Gasteiger partial charge in [0.15, 0.2) is 12.4 Å². The van der Waals surface area contributed by atoms with E-state index in [4.69, 9.17) is 28.4 Å². The van der Waals surface area contributed by atoms with Crippen molar-refractivity contribution in [1.29, 1.82) is 0 Å². The Morgan fingerprint density at radius 3 is 1.58 bits per heavy atom. The number of benzene rings is 4. The lowest BCUT2D eigenvalue weighted by Crippen LogP contribution is -2.64. The van der Waals surface area contributed by atoms with Crippen LogP contribution in [-0.4, -0.2) is 54.5 Å². The normalized spacial score (nSPS) is 22.0. The minimum atomic E-state index is -1.49. The third kappa shape index (κ3) is 9.80. The number of ether oxygens (including phenoxy) is 6. The molecule has 0 radical (unpaired) electrons. The summed E-state index contributed by atoms with van der Waals surface area (Å²) in [6.07, 6.45) is -5.83. The van der Waals surface area contributed by atoms with Crippen LogP contribution < -0.4 is 0 Å². The Hall–Kier alpha value is -3.89. The molecule has 0 saturated carbocycles. The Balaban J connectivity index is 1.44. The molecule has 8 heteroatoms. The molecule has 0 unspecified atom stereocenters. The highest BCUT2D eigenvalue weighted by atomic mass is 16.7. The second kappa shape index (κ2) is 17.0. The summed E-state index contributed by atoms with van der Waals surface area (Å²) >= 11 is 0. The summed E-state index contributed by atoms with van der Waals surface area (Å²) in [7, 11) is 0. The average molecular weight is 613 g/mol. The maximum absolute atomic E-state index is 12.2. The van der Waals surface area contributed by atoms with E-state index >= 15 is 0 Å². The maximum atomic E-state index is 12.2. The predicted octanol–water partition coefficient (Wildman–Crippen LogP) is 5.61. The molecule has 4 aromatic carbocycles. The van der Waals surface area contributed by atoms with E-state index in [0.29, 0.717) is 6.61 Å². The maximum Gasteiger partial charge on any atom is 0.303 e. The molecule has 0 bridgehead atoms. The van der Waals surface area contributed by atoms with Gasteiger partial charge >= 0.3 is 5.97 Å². The summed E-state index contributed by atoms with van der Waals surface area (Å²) in [4.78, 5) is 12.2. The van der Waals surface area contributed by atoms with Crippen molar-refractivity contribution in [3.8, 4) is 0 Å². The number of rotatable bonds is 15. The van der Waals surface area contributed by atoms with Gasteiger partial charge in [-0.1, -0.05) is 121 Å². The SMILES string of the molecule is CC(=O)O[C@H]1[C@@H](OCc2ccccc2)[C@H](OCc2ccccc2)[C@@H]([C@@H](COCc2ccccc2)OCc2ccccc2)O[C@@H]1O. The van der Waals surface area contributed by atoms with Gasteiger partial charge in [-0.15, -0.1) is 0 Å². The van der Waals surface area contributed by atoms with Crippen molar-refractivity contribution in [1.82, 2.24) is 0 Å². The van der Waals surface area contributed by atoms with Crippen molar-refractivity contribution in [3.63, 3.8) is 0 Å². The third-order valence-electron chi connectivity index (χ3n) is 7.49. The second-order valence-corrected chi connectivity index (χ2v) is 10.9. The van der Waals surface area contributed by atoms with E-state index in [1.54, 1.807) is 0 Å². The number of hydrogen-bond donors (Lipinski definition) is 1. The zero-order valence-corrected chi connectivity index (χ0v) is 25.4. The molecule has 4 aromatic rings. The summed E-state index contributed by atoms with van der Waals surface area (Å²) in [6.45, 7) is 2.51. The van der Waals surface area contributed by atoms with Crippen molar-refractivity contribution >= 4 is 5.97 Å². The lowest BCUT2D eigenvalue weighted by Gasteiger charge is -2.46. The van der Waals surface area contributed by atoms with Crippen molar-refractivity contribution in [2.45, 2.75) is 70.2 Å². The van der Waals surface area contributed by atoms with Gasteiger partial charge in [-0.05, 0) is 22.3 Å². The molecule has 6 atom stereocenters. The quantitative estimate of drug-likeness (QED) is 0.173. The number of esters is 1. The minimum absolute atomic E-state index is 0.147. The third-order valence-corrected chi connectivity index (χ3v) is 7.49. The molecule has 1 N–H and O–H groups in total. The summed E-state index contributed by atoms with van der Waals surface area (Å²) in [5, 5.41) is 11.3.